The van der Waals surface area contributed by atoms with Crippen molar-refractivity contribution in [2.24, 2.45) is 57.3 Å². The Morgan fingerprint density at radius 1 is 0.882 bits per heavy atom. The van der Waals surface area contributed by atoms with Gasteiger partial charge in [0.15, 0.2) is 5.78 Å². The van der Waals surface area contributed by atoms with Crippen LogP contribution in [0.5, 0.6) is 0 Å². The van der Waals surface area contributed by atoms with Gasteiger partial charge in [-0.05, 0) is 116 Å². The van der Waals surface area contributed by atoms with E-state index in [9.17, 15) is 19.2 Å². The van der Waals surface area contributed by atoms with E-state index in [-0.39, 0.29) is 74.2 Å². The molecule has 1 heterocycles. The van der Waals surface area contributed by atoms with Gasteiger partial charge in [-0.15, -0.1) is 0 Å². The van der Waals surface area contributed by atoms with Gasteiger partial charge in [0.25, 0.3) is 5.56 Å². The number of nitrogens with zero attached hydrogens (tertiary/aromatic N) is 2. The SMILES string of the molecule is CC(=O)O[C@@H]1CC[C@]2(C)[C@H](CC[C@]3(C)[C@@H]2C(=O)C=C2[C@@H]4C[C@](C)(C(=O)Nc5c(C)n(C)n(-c6ccccc6)c5=O)CC[C@@]4(C)CC[C@]23C)C1(C)C. The third-order valence-electron chi connectivity index (χ3n) is 16.2. The summed E-state index contributed by atoms with van der Waals surface area (Å²) in [6.45, 7) is 19.5. The molecule has 9 atom stereocenters. The number of rotatable bonds is 4. The molecule has 5 aliphatic rings. The van der Waals surface area contributed by atoms with Crippen LogP contribution in [-0.4, -0.2) is 33.1 Å². The van der Waals surface area contributed by atoms with Crippen LogP contribution in [0, 0.1) is 57.2 Å². The Labute approximate surface area is 303 Å². The Morgan fingerprint density at radius 2 is 1.55 bits per heavy atom. The molecular weight excluding hydrogens is 638 g/mol. The minimum atomic E-state index is -0.695. The molecule has 1 aromatic carbocycles. The maximum Gasteiger partial charge on any atom is 0.302 e. The van der Waals surface area contributed by atoms with Gasteiger partial charge in [0.2, 0.25) is 5.91 Å². The number of ketones is 1. The zero-order valence-electron chi connectivity index (χ0n) is 32.6. The summed E-state index contributed by atoms with van der Waals surface area (Å²) in [5.74, 6) is 0.170. The van der Waals surface area contributed by atoms with Gasteiger partial charge in [-0.2, -0.15) is 0 Å². The van der Waals surface area contributed by atoms with Gasteiger partial charge < -0.3 is 10.1 Å². The van der Waals surface area contributed by atoms with E-state index >= 15 is 0 Å². The van der Waals surface area contributed by atoms with E-state index in [1.165, 1.54) is 12.5 Å². The Hall–Kier alpha value is -3.42. The molecular formula is C43H59N3O5. The van der Waals surface area contributed by atoms with Crippen LogP contribution >= 0.6 is 0 Å². The molecule has 7 rings (SSSR count). The summed E-state index contributed by atoms with van der Waals surface area (Å²) in [5, 5.41) is 3.12. The van der Waals surface area contributed by atoms with Gasteiger partial charge in [0.05, 0.1) is 11.4 Å². The molecule has 1 amide bonds. The fourth-order valence-corrected chi connectivity index (χ4v) is 12.7. The van der Waals surface area contributed by atoms with Crippen molar-refractivity contribution in [3.05, 3.63) is 58.0 Å². The normalized spacial score (nSPS) is 39.8. The van der Waals surface area contributed by atoms with E-state index in [1.54, 1.807) is 9.36 Å². The van der Waals surface area contributed by atoms with Crippen LogP contribution < -0.4 is 10.9 Å². The lowest BCUT2D eigenvalue weighted by Gasteiger charge is -2.70. The first-order valence-electron chi connectivity index (χ1n) is 19.3. The van der Waals surface area contributed by atoms with E-state index in [0.717, 1.165) is 57.1 Å². The molecule has 4 saturated carbocycles. The average molecular weight is 698 g/mol. The van der Waals surface area contributed by atoms with E-state index in [1.807, 2.05) is 44.3 Å². The lowest BCUT2D eigenvalue weighted by molar-refractivity contribution is -0.210. The summed E-state index contributed by atoms with van der Waals surface area (Å²) in [6, 6.07) is 9.50. The molecule has 0 spiro atoms. The monoisotopic (exact) mass is 697 g/mol. The number of nitrogens with one attached hydrogen (secondary N) is 1. The Morgan fingerprint density at radius 3 is 2.22 bits per heavy atom. The van der Waals surface area contributed by atoms with Gasteiger partial charge in [0, 0.05) is 30.7 Å². The number of para-hydroxylation sites is 1. The molecule has 8 nitrogen and oxygen atoms in total. The number of allylic oxidation sites excluding steroid dienone is 2. The number of esters is 1. The third-order valence-corrected chi connectivity index (χ3v) is 16.2. The fraction of sp³-hybridized carbons (Fsp3) is 0.674. The number of amides is 1. The summed E-state index contributed by atoms with van der Waals surface area (Å²) < 4.78 is 9.30. The van der Waals surface area contributed by atoms with Gasteiger partial charge in [0.1, 0.15) is 11.8 Å². The quantitative estimate of drug-likeness (QED) is 0.324. The highest BCUT2D eigenvalue weighted by Crippen LogP contribution is 2.75. The molecule has 0 unspecified atom stereocenters. The molecule has 0 aliphatic heterocycles. The van der Waals surface area contributed by atoms with Crippen LogP contribution in [0.2, 0.25) is 0 Å². The van der Waals surface area contributed by atoms with E-state index < -0.39 is 5.41 Å². The van der Waals surface area contributed by atoms with Crippen molar-refractivity contribution in [3.63, 3.8) is 0 Å². The molecule has 1 aromatic heterocycles. The number of benzene rings is 1. The zero-order valence-corrected chi connectivity index (χ0v) is 32.6. The lowest BCUT2D eigenvalue weighted by atomic mass is 9.33. The van der Waals surface area contributed by atoms with Crippen molar-refractivity contribution in [2.75, 3.05) is 5.32 Å². The maximum absolute atomic E-state index is 14.8. The van der Waals surface area contributed by atoms with Crippen molar-refractivity contribution >= 4 is 23.3 Å². The topological polar surface area (TPSA) is 99.4 Å². The van der Waals surface area contributed by atoms with Crippen molar-refractivity contribution < 1.29 is 19.1 Å². The number of aromatic nitrogens is 2. The number of hydrogen-bond acceptors (Lipinski definition) is 5. The molecule has 5 aliphatic carbocycles. The smallest absolute Gasteiger partial charge is 0.302 e. The predicted octanol–water partition coefficient (Wildman–Crippen LogP) is 8.34. The molecule has 4 fully saturated rings. The first-order valence-corrected chi connectivity index (χ1v) is 19.3. The Balaban J connectivity index is 1.21. The number of anilines is 1. The average Bonchev–Trinajstić information content (AvgIpc) is 3.27. The zero-order chi connectivity index (χ0) is 37.1. The first-order chi connectivity index (χ1) is 23.7. The van der Waals surface area contributed by atoms with Gasteiger partial charge in [-0.1, -0.05) is 72.2 Å². The van der Waals surface area contributed by atoms with Crippen molar-refractivity contribution in [1.82, 2.24) is 9.36 Å². The second-order valence-electron chi connectivity index (χ2n) is 19.1. The molecule has 1 N–H and O–H groups in total. The highest BCUT2D eigenvalue weighted by Gasteiger charge is 2.70. The molecule has 276 valence electrons. The van der Waals surface area contributed by atoms with E-state index in [4.69, 9.17) is 4.74 Å². The minimum Gasteiger partial charge on any atom is -0.462 e. The van der Waals surface area contributed by atoms with Crippen LogP contribution in [0.1, 0.15) is 119 Å². The number of ether oxygens (including phenoxy) is 1. The summed E-state index contributed by atoms with van der Waals surface area (Å²) in [6.07, 6.45) is 9.91. The number of fused-ring (bicyclic) bond motifs is 7. The number of carbonyl (C=O) groups excluding carboxylic acids is 3. The Bertz CT molecular complexity index is 1890. The van der Waals surface area contributed by atoms with E-state index in [2.05, 4.69) is 59.9 Å². The maximum atomic E-state index is 14.8. The molecule has 2 aromatic rings. The van der Waals surface area contributed by atoms with Gasteiger partial charge in [-0.25, -0.2) is 4.68 Å². The highest BCUT2D eigenvalue weighted by molar-refractivity contribution is 5.97. The van der Waals surface area contributed by atoms with Crippen LogP contribution in [0.25, 0.3) is 5.69 Å². The second-order valence-corrected chi connectivity index (χ2v) is 19.1. The second kappa shape index (κ2) is 11.5. The van der Waals surface area contributed by atoms with Crippen LogP contribution in [0.3, 0.4) is 0 Å². The number of carbonyl (C=O) groups is 3. The molecule has 8 heteroatoms. The predicted molar refractivity (Wildman–Crippen MR) is 199 cm³/mol. The van der Waals surface area contributed by atoms with Gasteiger partial charge >= 0.3 is 5.97 Å². The van der Waals surface area contributed by atoms with Crippen LogP contribution in [0.4, 0.5) is 5.69 Å². The highest BCUT2D eigenvalue weighted by atomic mass is 16.5. The number of hydrogen-bond donors (Lipinski definition) is 1. The Kier molecular flexibility index (Phi) is 8.14. The summed E-state index contributed by atoms with van der Waals surface area (Å²) in [7, 11) is 1.84. The minimum absolute atomic E-state index is 0.00246. The van der Waals surface area contributed by atoms with Crippen molar-refractivity contribution in [2.45, 2.75) is 126 Å². The largest absolute Gasteiger partial charge is 0.462 e. The van der Waals surface area contributed by atoms with E-state index in [0.29, 0.717) is 17.8 Å². The van der Waals surface area contributed by atoms with Gasteiger partial charge in [-0.3, -0.25) is 23.9 Å². The third kappa shape index (κ3) is 4.96. The molecule has 51 heavy (non-hydrogen) atoms. The summed E-state index contributed by atoms with van der Waals surface area (Å²) in [5.41, 5.74) is 1.30. The van der Waals surface area contributed by atoms with Crippen molar-refractivity contribution in [1.29, 1.82) is 0 Å². The summed E-state index contributed by atoms with van der Waals surface area (Å²) in [4.78, 5) is 55.0. The first kappa shape index (κ1) is 36.0. The fourth-order valence-electron chi connectivity index (χ4n) is 12.7. The molecule has 0 bridgehead atoms. The lowest BCUT2D eigenvalue weighted by Crippen LogP contribution is -2.66. The van der Waals surface area contributed by atoms with Crippen LogP contribution in [-0.2, 0) is 26.2 Å². The van der Waals surface area contributed by atoms with Crippen molar-refractivity contribution in [3.8, 4) is 5.69 Å². The standard InChI is InChI=1S/C43H59N3O5/c1-26-34(36(49)46(45(26)10)28-14-12-11-13-15-28)44-37(50)40(6)21-20-39(5)22-23-42(8)29(30(39)25-40)24-31(48)35-41(7)18-17-33(51-27(2)47)38(3,4)32(41)16-19-43(35,42)9/h11-15,24,30,32-33,35H,16-23,25H2,1-10H3,(H,44,50)/t30-,32+,33+,35+,39-,40+,41+,42+,43+/m0/s1. The molecule has 0 saturated heterocycles. The van der Waals surface area contributed by atoms with Crippen LogP contribution in [0.15, 0.2) is 46.8 Å². The summed E-state index contributed by atoms with van der Waals surface area (Å²) >= 11 is 0. The molecule has 0 radical (unpaired) electrons.